The molecule has 0 aliphatic heterocycles. The van der Waals surface area contributed by atoms with E-state index in [0.29, 0.717) is 39.0 Å². The number of benzene rings is 4. The number of nitrogens with one attached hydrogen (secondary N) is 3. The third-order valence-corrected chi connectivity index (χ3v) is 7.52. The number of hydrogen-bond acceptors (Lipinski definition) is 6. The van der Waals surface area contributed by atoms with Crippen LogP contribution in [0, 0.1) is 0 Å². The summed E-state index contributed by atoms with van der Waals surface area (Å²) in [5.74, 6) is 0.0554. The van der Waals surface area contributed by atoms with Crippen LogP contribution >= 0.6 is 23.4 Å². The highest BCUT2D eigenvalue weighted by Crippen LogP contribution is 2.30. The molecule has 4 aromatic carbocycles. The minimum atomic E-state index is -0.497. The molecular weight excluding hydrogens is 586 g/mol. The lowest BCUT2D eigenvalue weighted by molar-refractivity contribution is -0.115. The molecule has 3 N–H and O–H groups in total. The molecule has 0 aliphatic rings. The SMILES string of the molecule is COc1ccc(/C=C(\NC(=O)c2ccccc2)C(=O)Nc2ccc(SC(C)C(=O)Nc3cc(Cl)ccc3OC)cc2)cc1. The van der Waals surface area contributed by atoms with Crippen LogP contribution in [0.1, 0.15) is 22.8 Å². The van der Waals surface area contributed by atoms with E-state index in [0.717, 1.165) is 4.90 Å². The average Bonchev–Trinajstić information content (AvgIpc) is 3.02. The van der Waals surface area contributed by atoms with Gasteiger partial charge in [0.05, 0.1) is 25.2 Å². The van der Waals surface area contributed by atoms with Gasteiger partial charge in [0.25, 0.3) is 11.8 Å². The van der Waals surface area contributed by atoms with Crippen LogP contribution in [-0.2, 0) is 9.59 Å². The second kappa shape index (κ2) is 14.9. The first-order valence-corrected chi connectivity index (χ1v) is 14.5. The summed E-state index contributed by atoms with van der Waals surface area (Å²) >= 11 is 7.43. The van der Waals surface area contributed by atoms with Gasteiger partial charge >= 0.3 is 0 Å². The number of carbonyl (C=O) groups is 3. The van der Waals surface area contributed by atoms with E-state index in [-0.39, 0.29) is 11.6 Å². The van der Waals surface area contributed by atoms with Crippen LogP contribution in [0.2, 0.25) is 5.02 Å². The smallest absolute Gasteiger partial charge is 0.272 e. The monoisotopic (exact) mass is 615 g/mol. The third kappa shape index (κ3) is 8.88. The number of rotatable bonds is 11. The topological polar surface area (TPSA) is 106 Å². The van der Waals surface area contributed by atoms with E-state index in [1.807, 2.05) is 6.07 Å². The Hall–Kier alpha value is -4.73. The Kier molecular flexibility index (Phi) is 10.9. The number of thioether (sulfide) groups is 1. The van der Waals surface area contributed by atoms with Gasteiger partial charge in [-0.15, -0.1) is 11.8 Å². The van der Waals surface area contributed by atoms with E-state index >= 15 is 0 Å². The van der Waals surface area contributed by atoms with Crippen LogP contribution in [-0.4, -0.2) is 37.2 Å². The molecule has 3 amide bonds. The Balaban J connectivity index is 1.44. The summed E-state index contributed by atoms with van der Waals surface area (Å²) in [6.45, 7) is 1.79. The van der Waals surface area contributed by atoms with Gasteiger partial charge < -0.3 is 25.4 Å². The normalized spacial score (nSPS) is 11.7. The molecule has 0 radical (unpaired) electrons. The fraction of sp³-hybridized carbons (Fsp3) is 0.121. The first-order chi connectivity index (χ1) is 20.7. The van der Waals surface area contributed by atoms with E-state index in [1.165, 1.54) is 18.9 Å². The Morgan fingerprint density at radius 2 is 1.53 bits per heavy atom. The fourth-order valence-corrected chi connectivity index (χ4v) is 4.93. The van der Waals surface area contributed by atoms with Crippen molar-refractivity contribution in [2.24, 2.45) is 0 Å². The van der Waals surface area contributed by atoms with Crippen LogP contribution in [0.5, 0.6) is 11.5 Å². The Morgan fingerprint density at radius 1 is 0.837 bits per heavy atom. The number of halogens is 1. The number of amides is 3. The van der Waals surface area contributed by atoms with E-state index in [1.54, 1.807) is 111 Å². The average molecular weight is 616 g/mol. The number of hydrogen-bond donors (Lipinski definition) is 3. The zero-order valence-corrected chi connectivity index (χ0v) is 25.3. The van der Waals surface area contributed by atoms with Gasteiger partial charge in [-0.2, -0.15) is 0 Å². The van der Waals surface area contributed by atoms with Gasteiger partial charge in [-0.1, -0.05) is 41.9 Å². The van der Waals surface area contributed by atoms with E-state index in [2.05, 4.69) is 16.0 Å². The number of anilines is 2. The summed E-state index contributed by atoms with van der Waals surface area (Å²) in [6.07, 6.45) is 1.59. The molecule has 43 heavy (non-hydrogen) atoms. The van der Waals surface area contributed by atoms with Crippen LogP contribution in [0.3, 0.4) is 0 Å². The van der Waals surface area contributed by atoms with Crippen molar-refractivity contribution in [2.75, 3.05) is 24.9 Å². The lowest BCUT2D eigenvalue weighted by Crippen LogP contribution is -2.30. The predicted molar refractivity (Wildman–Crippen MR) is 172 cm³/mol. The maximum Gasteiger partial charge on any atom is 0.272 e. The van der Waals surface area contributed by atoms with Crippen molar-refractivity contribution in [2.45, 2.75) is 17.1 Å². The van der Waals surface area contributed by atoms with Gasteiger partial charge in [0.15, 0.2) is 0 Å². The maximum atomic E-state index is 13.3. The van der Waals surface area contributed by atoms with E-state index < -0.39 is 17.1 Å². The van der Waals surface area contributed by atoms with Gasteiger partial charge in [0, 0.05) is 21.2 Å². The number of ether oxygens (including phenoxy) is 2. The molecule has 4 aromatic rings. The highest BCUT2D eigenvalue weighted by atomic mass is 35.5. The molecule has 0 fully saturated rings. The largest absolute Gasteiger partial charge is 0.497 e. The maximum absolute atomic E-state index is 13.3. The lowest BCUT2D eigenvalue weighted by Gasteiger charge is -2.15. The molecular formula is C33H30ClN3O5S. The zero-order valence-electron chi connectivity index (χ0n) is 23.7. The number of carbonyl (C=O) groups excluding carboxylic acids is 3. The van der Waals surface area contributed by atoms with Crippen LogP contribution in [0.15, 0.2) is 108 Å². The molecule has 0 spiro atoms. The Labute approximate surface area is 259 Å². The van der Waals surface area contributed by atoms with Gasteiger partial charge in [-0.05, 0) is 85.3 Å². The molecule has 1 unspecified atom stereocenters. The predicted octanol–water partition coefficient (Wildman–Crippen LogP) is 6.89. The highest BCUT2D eigenvalue weighted by Gasteiger charge is 2.18. The summed E-state index contributed by atoms with van der Waals surface area (Å²) in [5.41, 5.74) is 2.20. The summed E-state index contributed by atoms with van der Waals surface area (Å²) in [7, 11) is 3.09. The van der Waals surface area contributed by atoms with Crippen molar-refractivity contribution < 1.29 is 23.9 Å². The molecule has 0 aliphatic carbocycles. The Bertz CT molecular complexity index is 1610. The second-order valence-corrected chi connectivity index (χ2v) is 11.1. The first kappa shape index (κ1) is 31.2. The molecule has 0 bridgehead atoms. The van der Waals surface area contributed by atoms with Crippen molar-refractivity contribution in [1.29, 1.82) is 0 Å². The van der Waals surface area contributed by atoms with Crippen LogP contribution < -0.4 is 25.4 Å². The van der Waals surface area contributed by atoms with Crippen molar-refractivity contribution in [3.8, 4) is 11.5 Å². The van der Waals surface area contributed by atoms with Crippen molar-refractivity contribution >= 4 is 58.5 Å². The molecule has 0 saturated carbocycles. The third-order valence-electron chi connectivity index (χ3n) is 6.17. The minimum absolute atomic E-state index is 0.0687. The summed E-state index contributed by atoms with van der Waals surface area (Å²) in [6, 6.07) is 27.8. The summed E-state index contributed by atoms with van der Waals surface area (Å²) in [5, 5.41) is 8.46. The minimum Gasteiger partial charge on any atom is -0.497 e. The van der Waals surface area contributed by atoms with Crippen LogP contribution in [0.4, 0.5) is 11.4 Å². The van der Waals surface area contributed by atoms with Crippen molar-refractivity contribution in [3.05, 3.63) is 119 Å². The molecule has 1 atom stereocenters. The fourth-order valence-electron chi connectivity index (χ4n) is 3.89. The molecule has 0 aromatic heterocycles. The summed E-state index contributed by atoms with van der Waals surface area (Å²) in [4.78, 5) is 39.8. The molecule has 220 valence electrons. The molecule has 4 rings (SSSR count). The molecule has 0 heterocycles. The van der Waals surface area contributed by atoms with E-state index in [9.17, 15) is 14.4 Å². The van der Waals surface area contributed by atoms with Gasteiger partial charge in [0.2, 0.25) is 5.91 Å². The molecule has 0 saturated heterocycles. The quantitative estimate of drug-likeness (QED) is 0.125. The first-order valence-electron chi connectivity index (χ1n) is 13.2. The second-order valence-electron chi connectivity index (χ2n) is 9.22. The van der Waals surface area contributed by atoms with Gasteiger partial charge in [-0.25, -0.2) is 0 Å². The zero-order chi connectivity index (χ0) is 30.8. The Morgan fingerprint density at radius 3 is 2.19 bits per heavy atom. The standard InChI is InChI=1S/C33H30ClN3O5S/c1-21(31(38)36-28-20-24(34)11-18-30(28)42-3)43-27-16-12-25(13-17-27)35-33(40)29(19-22-9-14-26(41-2)15-10-22)37-32(39)23-7-5-4-6-8-23/h4-21H,1-3H3,(H,35,40)(H,36,38)(H,37,39)/b29-19-. The van der Waals surface area contributed by atoms with E-state index in [4.69, 9.17) is 21.1 Å². The number of methoxy groups -OCH3 is 2. The molecule has 10 heteroatoms. The van der Waals surface area contributed by atoms with Crippen molar-refractivity contribution in [3.63, 3.8) is 0 Å². The van der Waals surface area contributed by atoms with Crippen LogP contribution in [0.25, 0.3) is 6.08 Å². The molecule has 8 nitrogen and oxygen atoms in total. The highest BCUT2D eigenvalue weighted by molar-refractivity contribution is 8.00. The van der Waals surface area contributed by atoms with Gasteiger partial charge in [0.1, 0.15) is 17.2 Å². The van der Waals surface area contributed by atoms with Crippen molar-refractivity contribution in [1.82, 2.24) is 5.32 Å². The summed E-state index contributed by atoms with van der Waals surface area (Å²) < 4.78 is 10.5. The lowest BCUT2D eigenvalue weighted by atomic mass is 10.1. The van der Waals surface area contributed by atoms with Gasteiger partial charge in [-0.3, -0.25) is 14.4 Å².